The van der Waals surface area contributed by atoms with Crippen LogP contribution in [0.2, 0.25) is 0 Å². The minimum Gasteiger partial charge on any atom is -0.354 e. The molecule has 6 nitrogen and oxygen atoms in total. The Labute approximate surface area is 179 Å². The molecule has 0 aromatic heterocycles. The Hall–Kier alpha value is -3.02. The minimum atomic E-state index is 0.858. The molecule has 0 saturated carbocycles. The molecule has 30 heavy (non-hydrogen) atoms. The first kappa shape index (κ1) is 20.3. The predicted octanol–water partition coefficient (Wildman–Crippen LogP) is 3.77. The standard InChI is InChI=1S/C24H32N6/c1(3-5-19-7-11-21(12-8-19)29-23-25-15-16-26-23)2-4-6-20-9-13-22(14-10-20)30-24-27-17-18-28-24/h7-14H,1-6,15-18H2,(H2,25,26,29)(H2,27,28,30). The van der Waals surface area contributed by atoms with E-state index in [9.17, 15) is 0 Å². The number of hydrogen-bond acceptors (Lipinski definition) is 6. The van der Waals surface area contributed by atoms with Gasteiger partial charge in [-0.2, -0.15) is 0 Å². The lowest BCUT2D eigenvalue weighted by molar-refractivity contribution is 0.640. The first-order chi connectivity index (χ1) is 14.8. The molecule has 0 aliphatic carbocycles. The van der Waals surface area contributed by atoms with Crippen LogP contribution in [-0.2, 0) is 12.8 Å². The number of nitrogens with zero attached hydrogens (tertiary/aromatic N) is 2. The van der Waals surface area contributed by atoms with Crippen molar-refractivity contribution in [2.24, 2.45) is 9.98 Å². The molecule has 0 unspecified atom stereocenters. The van der Waals surface area contributed by atoms with Crippen molar-refractivity contribution in [1.29, 1.82) is 0 Å². The smallest absolute Gasteiger partial charge is 0.195 e. The van der Waals surface area contributed by atoms with Gasteiger partial charge >= 0.3 is 0 Å². The summed E-state index contributed by atoms with van der Waals surface area (Å²) in [4.78, 5) is 8.72. The van der Waals surface area contributed by atoms with Crippen LogP contribution >= 0.6 is 0 Å². The lowest BCUT2D eigenvalue weighted by atomic mass is 10.0. The van der Waals surface area contributed by atoms with Crippen molar-refractivity contribution in [1.82, 2.24) is 10.6 Å². The zero-order valence-corrected chi connectivity index (χ0v) is 17.6. The third kappa shape index (κ3) is 6.24. The Balaban J connectivity index is 1.09. The van der Waals surface area contributed by atoms with Crippen LogP contribution in [0.25, 0.3) is 0 Å². The maximum absolute atomic E-state index is 4.36. The number of aliphatic imine (C=N–C) groups is 2. The Bertz CT molecular complexity index is 781. The number of guanidine groups is 2. The number of benzene rings is 2. The van der Waals surface area contributed by atoms with Crippen molar-refractivity contribution in [3.63, 3.8) is 0 Å². The van der Waals surface area contributed by atoms with Gasteiger partial charge in [0.1, 0.15) is 0 Å². The van der Waals surface area contributed by atoms with Gasteiger partial charge in [0, 0.05) is 24.5 Å². The van der Waals surface area contributed by atoms with Crippen LogP contribution in [0.4, 0.5) is 11.4 Å². The lowest BCUT2D eigenvalue weighted by Gasteiger charge is -2.08. The lowest BCUT2D eigenvalue weighted by Crippen LogP contribution is -2.26. The summed E-state index contributed by atoms with van der Waals surface area (Å²) in [5.41, 5.74) is 5.01. The van der Waals surface area contributed by atoms with Gasteiger partial charge in [0.2, 0.25) is 0 Å². The summed E-state index contributed by atoms with van der Waals surface area (Å²) in [6.07, 6.45) is 7.37. The molecular weight excluding hydrogens is 372 g/mol. The molecule has 4 N–H and O–H groups in total. The Morgan fingerprint density at radius 2 is 1.03 bits per heavy atom. The van der Waals surface area contributed by atoms with E-state index in [1.165, 1.54) is 36.8 Å². The van der Waals surface area contributed by atoms with Crippen LogP contribution < -0.4 is 21.3 Å². The van der Waals surface area contributed by atoms with Crippen LogP contribution in [0.1, 0.15) is 36.8 Å². The van der Waals surface area contributed by atoms with E-state index in [1.807, 2.05) is 0 Å². The number of unbranched alkanes of at least 4 members (excludes halogenated alkanes) is 3. The molecule has 0 radical (unpaired) electrons. The van der Waals surface area contributed by atoms with Gasteiger partial charge in [0.25, 0.3) is 0 Å². The molecule has 0 fully saturated rings. The average molecular weight is 405 g/mol. The number of rotatable bonds is 9. The molecule has 6 heteroatoms. The van der Waals surface area contributed by atoms with Crippen LogP contribution in [-0.4, -0.2) is 38.1 Å². The van der Waals surface area contributed by atoms with E-state index in [0.29, 0.717) is 0 Å². The average Bonchev–Trinajstić information content (AvgIpc) is 3.47. The van der Waals surface area contributed by atoms with Crippen molar-refractivity contribution in [3.8, 4) is 0 Å². The first-order valence-electron chi connectivity index (χ1n) is 11.1. The number of aryl methyl sites for hydroxylation is 2. The van der Waals surface area contributed by atoms with Crippen LogP contribution in [0, 0.1) is 0 Å². The van der Waals surface area contributed by atoms with Crippen molar-refractivity contribution in [3.05, 3.63) is 59.7 Å². The summed E-state index contributed by atoms with van der Waals surface area (Å²) in [6, 6.07) is 17.5. The van der Waals surface area contributed by atoms with Crippen molar-refractivity contribution < 1.29 is 0 Å². The number of hydrogen-bond donors (Lipinski definition) is 4. The SMILES string of the molecule is c1cc(NC2=NCCN2)ccc1CCCCCCc1ccc(NC2=NCCN2)cc1. The highest BCUT2D eigenvalue weighted by Crippen LogP contribution is 2.15. The molecule has 2 aliphatic rings. The monoisotopic (exact) mass is 404 g/mol. The predicted molar refractivity (Wildman–Crippen MR) is 127 cm³/mol. The van der Waals surface area contributed by atoms with E-state index in [1.54, 1.807) is 0 Å². The third-order valence-corrected chi connectivity index (χ3v) is 5.46. The van der Waals surface area contributed by atoms with Crippen LogP contribution in [0.5, 0.6) is 0 Å². The topological polar surface area (TPSA) is 72.8 Å². The van der Waals surface area contributed by atoms with Gasteiger partial charge in [0.05, 0.1) is 13.1 Å². The van der Waals surface area contributed by atoms with Crippen molar-refractivity contribution >= 4 is 23.3 Å². The minimum absolute atomic E-state index is 0.858. The highest BCUT2D eigenvalue weighted by Gasteiger charge is 2.05. The second kappa shape index (κ2) is 10.7. The summed E-state index contributed by atoms with van der Waals surface area (Å²) >= 11 is 0. The second-order valence-corrected chi connectivity index (χ2v) is 7.87. The van der Waals surface area contributed by atoms with E-state index in [-0.39, 0.29) is 0 Å². The normalized spacial score (nSPS) is 15.2. The highest BCUT2D eigenvalue weighted by atomic mass is 15.2. The van der Waals surface area contributed by atoms with E-state index in [2.05, 4.69) is 79.8 Å². The van der Waals surface area contributed by atoms with Crippen molar-refractivity contribution in [2.45, 2.75) is 38.5 Å². The molecule has 0 atom stereocenters. The molecule has 2 aromatic rings. The molecule has 2 aromatic carbocycles. The van der Waals surface area contributed by atoms with Gasteiger partial charge in [-0.3, -0.25) is 9.98 Å². The quantitative estimate of drug-likeness (QED) is 0.480. The van der Waals surface area contributed by atoms with E-state index < -0.39 is 0 Å². The molecular formula is C24H32N6. The summed E-state index contributed by atoms with van der Waals surface area (Å²) < 4.78 is 0. The maximum Gasteiger partial charge on any atom is 0.195 e. The van der Waals surface area contributed by atoms with Gasteiger partial charge < -0.3 is 21.3 Å². The largest absolute Gasteiger partial charge is 0.354 e. The first-order valence-corrected chi connectivity index (χ1v) is 11.1. The van der Waals surface area contributed by atoms with E-state index >= 15 is 0 Å². The van der Waals surface area contributed by atoms with E-state index in [0.717, 1.165) is 62.3 Å². The molecule has 0 amide bonds. The second-order valence-electron chi connectivity index (χ2n) is 7.87. The maximum atomic E-state index is 4.36. The summed E-state index contributed by atoms with van der Waals surface area (Å²) in [6.45, 7) is 3.57. The van der Waals surface area contributed by atoms with Gasteiger partial charge in [-0.15, -0.1) is 0 Å². The molecule has 0 bridgehead atoms. The Morgan fingerprint density at radius 3 is 1.40 bits per heavy atom. The van der Waals surface area contributed by atoms with Crippen LogP contribution in [0.3, 0.4) is 0 Å². The fraction of sp³-hybridized carbons (Fsp3) is 0.417. The number of nitrogens with one attached hydrogen (secondary N) is 4. The highest BCUT2D eigenvalue weighted by molar-refractivity contribution is 5.95. The molecule has 0 spiro atoms. The fourth-order valence-corrected chi connectivity index (χ4v) is 3.76. The fourth-order valence-electron chi connectivity index (χ4n) is 3.76. The third-order valence-electron chi connectivity index (χ3n) is 5.46. The van der Waals surface area contributed by atoms with Gasteiger partial charge in [0.15, 0.2) is 11.9 Å². The van der Waals surface area contributed by atoms with Gasteiger partial charge in [-0.1, -0.05) is 37.1 Å². The number of anilines is 2. The van der Waals surface area contributed by atoms with Gasteiger partial charge in [-0.25, -0.2) is 0 Å². The molecule has 0 saturated heterocycles. The Kier molecular flexibility index (Phi) is 7.21. The Morgan fingerprint density at radius 1 is 0.600 bits per heavy atom. The molecule has 4 rings (SSSR count). The van der Waals surface area contributed by atoms with Crippen molar-refractivity contribution in [2.75, 3.05) is 36.8 Å². The zero-order chi connectivity index (χ0) is 20.4. The molecule has 158 valence electrons. The zero-order valence-electron chi connectivity index (χ0n) is 17.6. The van der Waals surface area contributed by atoms with Gasteiger partial charge in [-0.05, 0) is 61.1 Å². The van der Waals surface area contributed by atoms with E-state index in [4.69, 9.17) is 0 Å². The van der Waals surface area contributed by atoms with Crippen LogP contribution in [0.15, 0.2) is 58.5 Å². The molecule has 2 heterocycles. The summed E-state index contributed by atoms with van der Waals surface area (Å²) in [7, 11) is 0. The molecule has 2 aliphatic heterocycles. The summed E-state index contributed by atoms with van der Waals surface area (Å²) in [5.74, 6) is 1.77. The summed E-state index contributed by atoms with van der Waals surface area (Å²) in [5, 5.41) is 13.1.